The highest BCUT2D eigenvalue weighted by Crippen LogP contribution is 2.43. The molecule has 2 rings (SSSR count). The minimum atomic E-state index is -2.08. The molecular weight excluding hydrogens is 358 g/mol. The first-order chi connectivity index (χ1) is 11.8. The molecule has 1 amide bonds. The van der Waals surface area contributed by atoms with E-state index in [0.717, 1.165) is 0 Å². The van der Waals surface area contributed by atoms with E-state index in [2.05, 4.69) is 39.2 Å². The topological polar surface area (TPSA) is 92.3 Å². The number of nitrogens with one attached hydrogen (secondary N) is 1. The zero-order valence-electron chi connectivity index (χ0n) is 16.9. The lowest BCUT2D eigenvalue weighted by molar-refractivity contribution is -0.214. The van der Waals surface area contributed by atoms with E-state index >= 15 is 0 Å². The van der Waals surface area contributed by atoms with Crippen molar-refractivity contribution < 1.29 is 33.0 Å². The molecule has 0 aromatic rings. The van der Waals surface area contributed by atoms with Crippen molar-refractivity contribution in [3.05, 3.63) is 0 Å². The van der Waals surface area contributed by atoms with Gasteiger partial charge in [0.05, 0.1) is 13.7 Å². The maximum absolute atomic E-state index is 12.1. The van der Waals surface area contributed by atoms with E-state index in [4.69, 9.17) is 23.4 Å². The van der Waals surface area contributed by atoms with Gasteiger partial charge in [0.25, 0.3) is 0 Å². The Labute approximate surface area is 156 Å². The average molecular weight is 390 g/mol. The summed E-state index contributed by atoms with van der Waals surface area (Å²) in [4.78, 5) is 24.0. The second-order valence-electron chi connectivity index (χ2n) is 8.79. The summed E-state index contributed by atoms with van der Waals surface area (Å²) in [5.74, 6) is -0.924. The number of methoxy groups -OCH3 is 1. The lowest BCUT2D eigenvalue weighted by atomic mass is 9.90. The molecule has 0 aromatic carbocycles. The Hall–Kier alpha value is -1.00. The minimum absolute atomic E-state index is 0.00389. The Kier molecular flexibility index (Phi) is 5.62. The maximum atomic E-state index is 12.1. The van der Waals surface area contributed by atoms with Crippen molar-refractivity contribution >= 4 is 20.7 Å². The molecule has 2 fully saturated rings. The summed E-state index contributed by atoms with van der Waals surface area (Å²) in [6.45, 7) is 14.2. The fraction of sp³-hybridized carbons (Fsp3) is 0.882. The molecule has 2 aliphatic heterocycles. The van der Waals surface area contributed by atoms with Crippen molar-refractivity contribution in [3.8, 4) is 0 Å². The monoisotopic (exact) mass is 389 g/mol. The number of fused-ring (bicyclic) bond motifs is 1. The summed E-state index contributed by atoms with van der Waals surface area (Å²) in [5.41, 5.74) is -1.45. The molecule has 0 unspecified atom stereocenters. The number of hydrogen-bond donors (Lipinski definition) is 1. The lowest BCUT2D eigenvalue weighted by Gasteiger charge is -2.39. The van der Waals surface area contributed by atoms with Gasteiger partial charge < -0.3 is 33.5 Å². The van der Waals surface area contributed by atoms with Gasteiger partial charge in [-0.15, -0.1) is 0 Å². The first-order valence-corrected chi connectivity index (χ1v) is 11.7. The summed E-state index contributed by atoms with van der Waals surface area (Å²) in [5, 5.41) is 2.60. The van der Waals surface area contributed by atoms with E-state index in [0.29, 0.717) is 6.29 Å². The average Bonchev–Trinajstić information content (AvgIpc) is 2.95. The normalized spacial score (nSPS) is 33.6. The Morgan fingerprint density at radius 3 is 2.38 bits per heavy atom. The van der Waals surface area contributed by atoms with E-state index < -0.39 is 44.2 Å². The van der Waals surface area contributed by atoms with Crippen LogP contribution < -0.4 is 5.32 Å². The molecule has 0 aliphatic carbocycles. The van der Waals surface area contributed by atoms with Crippen LogP contribution in [0.15, 0.2) is 0 Å². The molecule has 0 saturated carbocycles. The van der Waals surface area contributed by atoms with Gasteiger partial charge >= 0.3 is 6.09 Å². The largest absolute Gasteiger partial charge is 0.453 e. The van der Waals surface area contributed by atoms with Gasteiger partial charge in [0.15, 0.2) is 32.2 Å². The van der Waals surface area contributed by atoms with Crippen LogP contribution in [-0.4, -0.2) is 64.2 Å². The van der Waals surface area contributed by atoms with Crippen LogP contribution >= 0.6 is 0 Å². The quantitative estimate of drug-likeness (QED) is 0.569. The zero-order chi connectivity index (χ0) is 20.0. The predicted octanol–water partition coefficient (Wildman–Crippen LogP) is 2.18. The predicted molar refractivity (Wildman–Crippen MR) is 96.2 cm³/mol. The third kappa shape index (κ3) is 3.82. The standard InChI is InChI=1S/C17H31NO7Si/c1-15(2,3)26(7,8)22-9-11-17(10-19,18-14(20)21-6)12-13(23-11)25-16(4,5)24-12/h10-13H,9H2,1-8H3,(H,18,20)/t11-,12+,13-,17+/m1/s1. The van der Waals surface area contributed by atoms with Crippen molar-refractivity contribution in [3.63, 3.8) is 0 Å². The first-order valence-electron chi connectivity index (χ1n) is 8.75. The molecule has 4 atom stereocenters. The molecular formula is C17H31NO7Si. The molecule has 2 aliphatic rings. The highest BCUT2D eigenvalue weighted by atomic mass is 28.4. The summed E-state index contributed by atoms with van der Waals surface area (Å²) < 4.78 is 28.4. The van der Waals surface area contributed by atoms with E-state index in [9.17, 15) is 9.59 Å². The number of carbonyl (C=O) groups excluding carboxylic acids is 2. The van der Waals surface area contributed by atoms with E-state index in [1.807, 2.05) is 0 Å². The van der Waals surface area contributed by atoms with E-state index in [-0.39, 0.29) is 11.6 Å². The van der Waals surface area contributed by atoms with Gasteiger partial charge in [-0.2, -0.15) is 0 Å². The smallest absolute Gasteiger partial charge is 0.407 e. The van der Waals surface area contributed by atoms with Crippen LogP contribution in [-0.2, 0) is 28.2 Å². The molecule has 1 N–H and O–H groups in total. The number of hydrogen-bond acceptors (Lipinski definition) is 7. The van der Waals surface area contributed by atoms with Gasteiger partial charge in [0.1, 0.15) is 12.2 Å². The highest BCUT2D eigenvalue weighted by molar-refractivity contribution is 6.74. The Balaban J connectivity index is 2.27. The van der Waals surface area contributed by atoms with Crippen LogP contribution in [0, 0.1) is 0 Å². The van der Waals surface area contributed by atoms with Gasteiger partial charge in [-0.05, 0) is 32.0 Å². The van der Waals surface area contributed by atoms with Gasteiger partial charge in [0.2, 0.25) is 0 Å². The number of amides is 1. The van der Waals surface area contributed by atoms with E-state index in [1.54, 1.807) is 13.8 Å². The highest BCUT2D eigenvalue weighted by Gasteiger charge is 2.65. The molecule has 2 saturated heterocycles. The summed E-state index contributed by atoms with van der Waals surface area (Å²) in [6, 6.07) is 0. The zero-order valence-corrected chi connectivity index (χ0v) is 17.9. The van der Waals surface area contributed by atoms with Crippen LogP contribution in [0.1, 0.15) is 34.6 Å². The molecule has 26 heavy (non-hydrogen) atoms. The SMILES string of the molecule is COC(=O)N[C@@]1(C=O)[C@@H](CO[Si](C)(C)C(C)(C)C)O[C@@H]2OC(C)(C)O[C@@H]21. The number of rotatable bonds is 5. The first kappa shape index (κ1) is 21.3. The van der Waals surface area contributed by atoms with Crippen molar-refractivity contribution in [2.45, 2.75) is 82.6 Å². The number of aldehydes is 1. The van der Waals surface area contributed by atoms with Crippen LogP contribution in [0.4, 0.5) is 4.79 Å². The molecule has 0 aromatic heterocycles. The summed E-state index contributed by atoms with van der Waals surface area (Å²) in [6.07, 6.45) is -2.42. The molecule has 2 heterocycles. The van der Waals surface area contributed by atoms with Crippen molar-refractivity contribution in [1.29, 1.82) is 0 Å². The minimum Gasteiger partial charge on any atom is -0.453 e. The Bertz CT molecular complexity index is 560. The molecule has 8 nitrogen and oxygen atoms in total. The van der Waals surface area contributed by atoms with Crippen LogP contribution in [0.5, 0.6) is 0 Å². The van der Waals surface area contributed by atoms with Gasteiger partial charge in [-0.25, -0.2) is 4.79 Å². The van der Waals surface area contributed by atoms with Crippen molar-refractivity contribution in [2.75, 3.05) is 13.7 Å². The third-order valence-electron chi connectivity index (χ3n) is 5.46. The number of alkyl carbamates (subject to hydrolysis) is 1. The number of carbonyl (C=O) groups is 2. The van der Waals surface area contributed by atoms with Crippen molar-refractivity contribution in [2.24, 2.45) is 0 Å². The van der Waals surface area contributed by atoms with Gasteiger partial charge in [-0.3, -0.25) is 0 Å². The van der Waals surface area contributed by atoms with E-state index in [1.165, 1.54) is 7.11 Å². The summed E-state index contributed by atoms with van der Waals surface area (Å²) in [7, 11) is -0.848. The second-order valence-corrected chi connectivity index (χ2v) is 13.6. The third-order valence-corrected chi connectivity index (χ3v) is 9.96. The number of ether oxygens (including phenoxy) is 4. The van der Waals surface area contributed by atoms with Crippen LogP contribution in [0.25, 0.3) is 0 Å². The summed E-state index contributed by atoms with van der Waals surface area (Å²) >= 11 is 0. The Morgan fingerprint density at radius 1 is 1.27 bits per heavy atom. The molecule has 9 heteroatoms. The van der Waals surface area contributed by atoms with Crippen LogP contribution in [0.2, 0.25) is 18.1 Å². The molecule has 0 spiro atoms. The Morgan fingerprint density at radius 2 is 1.88 bits per heavy atom. The van der Waals surface area contributed by atoms with Crippen LogP contribution in [0.3, 0.4) is 0 Å². The lowest BCUT2D eigenvalue weighted by Crippen LogP contribution is -2.64. The molecule has 0 bridgehead atoms. The maximum Gasteiger partial charge on any atom is 0.407 e. The molecule has 150 valence electrons. The fourth-order valence-corrected chi connectivity index (χ4v) is 3.84. The fourth-order valence-electron chi connectivity index (χ4n) is 2.84. The van der Waals surface area contributed by atoms with Crippen molar-refractivity contribution in [1.82, 2.24) is 5.32 Å². The van der Waals surface area contributed by atoms with Gasteiger partial charge in [0, 0.05) is 0 Å². The van der Waals surface area contributed by atoms with Gasteiger partial charge in [-0.1, -0.05) is 20.8 Å². The second kappa shape index (κ2) is 6.86. The molecule has 0 radical (unpaired) electrons.